The molecule has 0 amide bonds. The molecule has 2 aliphatic rings. The van der Waals surface area contributed by atoms with E-state index in [0.717, 1.165) is 79.1 Å². The van der Waals surface area contributed by atoms with Crippen LogP contribution in [-0.2, 0) is 11.3 Å². The highest BCUT2D eigenvalue weighted by molar-refractivity contribution is 5.85. The molecule has 3 heterocycles. The molecule has 0 atom stereocenters. The Morgan fingerprint density at radius 3 is 2.55 bits per heavy atom. The molecule has 166 valence electrons. The fourth-order valence-electron chi connectivity index (χ4n) is 4.97. The van der Waals surface area contributed by atoms with Crippen LogP contribution in [0.3, 0.4) is 0 Å². The van der Waals surface area contributed by atoms with Crippen LogP contribution in [0.5, 0.6) is 0 Å². The number of benzene rings is 1. The van der Waals surface area contributed by atoms with Gasteiger partial charge in [-0.2, -0.15) is 0 Å². The Morgan fingerprint density at radius 1 is 1.13 bits per heavy atom. The minimum absolute atomic E-state index is 0.456. The van der Waals surface area contributed by atoms with Crippen LogP contribution in [0.4, 0.5) is 5.69 Å². The molecule has 2 saturated heterocycles. The van der Waals surface area contributed by atoms with E-state index >= 15 is 0 Å². The molecule has 1 aromatic carbocycles. The number of ether oxygens (including phenoxy) is 1. The number of aldehydes is 1. The van der Waals surface area contributed by atoms with Gasteiger partial charge in [-0.25, -0.2) is 0 Å². The lowest BCUT2D eigenvalue weighted by atomic mass is 9.96. The maximum atomic E-state index is 11.9. The molecule has 4 rings (SSSR count). The van der Waals surface area contributed by atoms with Gasteiger partial charge in [0.15, 0.2) is 0 Å². The molecule has 2 aliphatic heterocycles. The Bertz CT molecular complexity index is 869. The van der Waals surface area contributed by atoms with E-state index in [4.69, 9.17) is 9.72 Å². The fourth-order valence-corrected chi connectivity index (χ4v) is 4.97. The van der Waals surface area contributed by atoms with Crippen LogP contribution < -0.4 is 4.90 Å². The van der Waals surface area contributed by atoms with Crippen LogP contribution in [0.2, 0.25) is 0 Å². The maximum absolute atomic E-state index is 11.9. The summed E-state index contributed by atoms with van der Waals surface area (Å²) >= 11 is 0. The van der Waals surface area contributed by atoms with E-state index in [9.17, 15) is 4.79 Å². The van der Waals surface area contributed by atoms with Gasteiger partial charge in [0.05, 0.1) is 5.69 Å². The zero-order valence-corrected chi connectivity index (χ0v) is 19.0. The summed E-state index contributed by atoms with van der Waals surface area (Å²) in [5.41, 5.74) is 6.22. The molecule has 2 fully saturated rings. The molecular weight excluding hydrogens is 386 g/mol. The van der Waals surface area contributed by atoms with Gasteiger partial charge in [-0.15, -0.1) is 0 Å². The summed E-state index contributed by atoms with van der Waals surface area (Å²) in [6.07, 6.45) is 8.94. The summed E-state index contributed by atoms with van der Waals surface area (Å²) in [6.45, 7) is 10.1. The highest BCUT2D eigenvalue weighted by Crippen LogP contribution is 2.33. The fraction of sp³-hybridized carbons (Fsp3) is 0.538. The average molecular weight is 422 g/mol. The van der Waals surface area contributed by atoms with Gasteiger partial charge in [0.1, 0.15) is 6.29 Å². The zero-order valence-electron chi connectivity index (χ0n) is 19.0. The van der Waals surface area contributed by atoms with Crippen molar-refractivity contribution in [2.24, 2.45) is 0 Å². The SMILES string of the molecule is CCN(c1cc(-c2ccc(CN3CCCCC3)nc2)cc(C=O)c1C)C1CCOCC1. The number of pyridine rings is 1. The Morgan fingerprint density at radius 2 is 1.90 bits per heavy atom. The minimum Gasteiger partial charge on any atom is -0.381 e. The highest BCUT2D eigenvalue weighted by Gasteiger charge is 2.23. The van der Waals surface area contributed by atoms with Gasteiger partial charge >= 0.3 is 0 Å². The lowest BCUT2D eigenvalue weighted by Crippen LogP contribution is -2.40. The Hall–Kier alpha value is -2.24. The summed E-state index contributed by atoms with van der Waals surface area (Å²) < 4.78 is 5.57. The predicted octanol–water partition coefficient (Wildman–Crippen LogP) is 4.86. The molecule has 31 heavy (non-hydrogen) atoms. The topological polar surface area (TPSA) is 45.7 Å². The van der Waals surface area contributed by atoms with Crippen molar-refractivity contribution in [1.29, 1.82) is 0 Å². The molecule has 5 nitrogen and oxygen atoms in total. The van der Waals surface area contributed by atoms with E-state index in [-0.39, 0.29) is 0 Å². The van der Waals surface area contributed by atoms with Crippen LogP contribution in [-0.4, -0.2) is 55.1 Å². The molecule has 2 aromatic rings. The molecule has 0 radical (unpaired) electrons. The Kier molecular flexibility index (Phi) is 7.36. The summed E-state index contributed by atoms with van der Waals surface area (Å²) in [5.74, 6) is 0. The number of nitrogens with zero attached hydrogens (tertiary/aromatic N) is 3. The second kappa shape index (κ2) is 10.4. The van der Waals surface area contributed by atoms with Crippen molar-refractivity contribution in [2.45, 2.75) is 58.5 Å². The van der Waals surface area contributed by atoms with Gasteiger partial charge < -0.3 is 9.64 Å². The first-order chi connectivity index (χ1) is 15.2. The standard InChI is InChI=1S/C26H35N3O2/c1-3-29(25-9-13-31-14-10-25)26-16-22(15-23(19-30)20(26)2)21-7-8-24(27-17-21)18-28-11-5-4-6-12-28/h7-8,15-17,19,25H,3-6,9-14,18H2,1-2H3. The van der Waals surface area contributed by atoms with E-state index < -0.39 is 0 Å². The summed E-state index contributed by atoms with van der Waals surface area (Å²) in [7, 11) is 0. The van der Waals surface area contributed by atoms with Crippen molar-refractivity contribution in [1.82, 2.24) is 9.88 Å². The van der Waals surface area contributed by atoms with Crippen LogP contribution in [0, 0.1) is 6.92 Å². The predicted molar refractivity (Wildman–Crippen MR) is 126 cm³/mol. The number of aromatic nitrogens is 1. The van der Waals surface area contributed by atoms with Gasteiger partial charge in [-0.3, -0.25) is 14.7 Å². The smallest absolute Gasteiger partial charge is 0.150 e. The van der Waals surface area contributed by atoms with Crippen LogP contribution in [0.15, 0.2) is 30.5 Å². The number of carbonyl (C=O) groups is 1. The van der Waals surface area contributed by atoms with Crippen LogP contribution in [0.25, 0.3) is 11.1 Å². The van der Waals surface area contributed by atoms with Crippen molar-refractivity contribution in [3.05, 3.63) is 47.3 Å². The van der Waals surface area contributed by atoms with Gasteiger partial charge in [0.2, 0.25) is 0 Å². The first-order valence-electron chi connectivity index (χ1n) is 11.8. The van der Waals surface area contributed by atoms with E-state index in [2.05, 4.69) is 41.8 Å². The van der Waals surface area contributed by atoms with Crippen LogP contribution >= 0.6 is 0 Å². The molecule has 0 spiro atoms. The molecule has 0 unspecified atom stereocenters. The monoisotopic (exact) mass is 421 g/mol. The number of piperidine rings is 1. The normalized spacial score (nSPS) is 18.1. The number of hydrogen-bond donors (Lipinski definition) is 0. The molecular formula is C26H35N3O2. The van der Waals surface area contributed by atoms with E-state index in [1.165, 1.54) is 32.4 Å². The quantitative estimate of drug-likeness (QED) is 0.598. The number of anilines is 1. The lowest BCUT2D eigenvalue weighted by molar-refractivity contribution is 0.0846. The van der Waals surface area contributed by atoms with Crippen molar-refractivity contribution < 1.29 is 9.53 Å². The third kappa shape index (κ3) is 5.16. The maximum Gasteiger partial charge on any atom is 0.150 e. The summed E-state index contributed by atoms with van der Waals surface area (Å²) in [5, 5.41) is 0. The lowest BCUT2D eigenvalue weighted by Gasteiger charge is -2.36. The third-order valence-corrected chi connectivity index (χ3v) is 6.82. The average Bonchev–Trinajstić information content (AvgIpc) is 2.82. The molecule has 0 aliphatic carbocycles. The summed E-state index contributed by atoms with van der Waals surface area (Å²) in [6, 6.07) is 8.99. The first kappa shape index (κ1) is 22.0. The molecule has 0 N–H and O–H groups in total. The van der Waals surface area contributed by atoms with Gasteiger partial charge in [-0.05, 0) is 81.9 Å². The van der Waals surface area contributed by atoms with Gasteiger partial charge in [-0.1, -0.05) is 12.5 Å². The van der Waals surface area contributed by atoms with Crippen molar-refractivity contribution in [3.8, 4) is 11.1 Å². The minimum atomic E-state index is 0.456. The van der Waals surface area contributed by atoms with E-state index in [1.807, 2.05) is 12.3 Å². The largest absolute Gasteiger partial charge is 0.381 e. The molecule has 1 aromatic heterocycles. The first-order valence-corrected chi connectivity index (χ1v) is 11.8. The third-order valence-electron chi connectivity index (χ3n) is 6.82. The van der Waals surface area contributed by atoms with E-state index in [0.29, 0.717) is 6.04 Å². The van der Waals surface area contributed by atoms with Crippen molar-refractivity contribution in [2.75, 3.05) is 37.7 Å². The number of hydrogen-bond acceptors (Lipinski definition) is 5. The molecule has 0 bridgehead atoms. The number of carbonyl (C=O) groups excluding carboxylic acids is 1. The van der Waals surface area contributed by atoms with Crippen LogP contribution in [0.1, 0.15) is 60.6 Å². The highest BCUT2D eigenvalue weighted by atomic mass is 16.5. The zero-order chi connectivity index (χ0) is 21.6. The number of rotatable bonds is 7. The Balaban J connectivity index is 1.60. The van der Waals surface area contributed by atoms with Gasteiger partial charge in [0.25, 0.3) is 0 Å². The number of likely N-dealkylation sites (tertiary alicyclic amines) is 1. The van der Waals surface area contributed by atoms with Crippen molar-refractivity contribution >= 4 is 12.0 Å². The molecule has 5 heteroatoms. The van der Waals surface area contributed by atoms with E-state index in [1.54, 1.807) is 0 Å². The molecule has 0 saturated carbocycles. The van der Waals surface area contributed by atoms with Gasteiger partial charge in [0, 0.05) is 55.4 Å². The van der Waals surface area contributed by atoms with Crippen molar-refractivity contribution in [3.63, 3.8) is 0 Å². The second-order valence-corrected chi connectivity index (χ2v) is 8.83. The Labute approximate surface area is 186 Å². The summed E-state index contributed by atoms with van der Waals surface area (Å²) in [4.78, 5) is 21.6. The second-order valence-electron chi connectivity index (χ2n) is 8.83.